The van der Waals surface area contributed by atoms with Crippen LogP contribution in [0.25, 0.3) is 0 Å². The molecule has 0 aromatic carbocycles. The SMILES string of the molecule is Cc1nn(C)cc1S(=O)(=O)N(C)C1CCCN(c2ccccn2)C1. The van der Waals surface area contributed by atoms with E-state index >= 15 is 0 Å². The molecule has 0 radical (unpaired) electrons. The minimum absolute atomic E-state index is 0.0784. The normalized spacial score (nSPS) is 19.0. The van der Waals surface area contributed by atoms with Crippen LogP contribution < -0.4 is 4.90 Å². The highest BCUT2D eigenvalue weighted by Gasteiger charge is 2.33. The highest BCUT2D eigenvalue weighted by molar-refractivity contribution is 7.89. The number of rotatable bonds is 4. The molecule has 2 aromatic heterocycles. The third kappa shape index (κ3) is 3.16. The Labute approximate surface area is 143 Å². The smallest absolute Gasteiger partial charge is 0.246 e. The molecular formula is C16H23N5O2S. The maximum atomic E-state index is 12.9. The molecule has 1 saturated heterocycles. The van der Waals surface area contributed by atoms with Crippen LogP contribution in [0.3, 0.4) is 0 Å². The molecule has 0 bridgehead atoms. The van der Waals surface area contributed by atoms with Gasteiger partial charge in [0.25, 0.3) is 0 Å². The first-order valence-corrected chi connectivity index (χ1v) is 9.48. The molecule has 8 heteroatoms. The zero-order chi connectivity index (χ0) is 17.3. The number of anilines is 1. The maximum absolute atomic E-state index is 12.9. The molecule has 1 atom stereocenters. The second-order valence-corrected chi connectivity index (χ2v) is 8.17. The van der Waals surface area contributed by atoms with E-state index in [2.05, 4.69) is 15.0 Å². The van der Waals surface area contributed by atoms with E-state index in [9.17, 15) is 8.42 Å². The number of likely N-dealkylation sites (N-methyl/N-ethyl adjacent to an activating group) is 1. The first-order chi connectivity index (χ1) is 11.4. The van der Waals surface area contributed by atoms with Gasteiger partial charge in [0.15, 0.2) is 0 Å². The largest absolute Gasteiger partial charge is 0.355 e. The number of hydrogen-bond acceptors (Lipinski definition) is 5. The van der Waals surface area contributed by atoms with Crippen molar-refractivity contribution in [1.82, 2.24) is 19.1 Å². The van der Waals surface area contributed by atoms with Gasteiger partial charge in [-0.15, -0.1) is 0 Å². The van der Waals surface area contributed by atoms with E-state index in [1.807, 2.05) is 18.2 Å². The molecule has 0 N–H and O–H groups in total. The Morgan fingerprint density at radius 3 is 2.75 bits per heavy atom. The summed E-state index contributed by atoms with van der Waals surface area (Å²) in [7, 11) is -0.158. The van der Waals surface area contributed by atoms with Gasteiger partial charge in [-0.2, -0.15) is 9.40 Å². The van der Waals surface area contributed by atoms with Crippen LogP contribution in [0.2, 0.25) is 0 Å². The summed E-state index contributed by atoms with van der Waals surface area (Å²) in [5, 5.41) is 4.16. The lowest BCUT2D eigenvalue weighted by molar-refractivity contribution is 0.319. The van der Waals surface area contributed by atoms with Gasteiger partial charge in [-0.25, -0.2) is 13.4 Å². The van der Waals surface area contributed by atoms with Gasteiger partial charge in [0.1, 0.15) is 10.7 Å². The number of aromatic nitrogens is 3. The van der Waals surface area contributed by atoms with Gasteiger partial charge >= 0.3 is 0 Å². The van der Waals surface area contributed by atoms with E-state index < -0.39 is 10.0 Å². The summed E-state index contributed by atoms with van der Waals surface area (Å²) in [6.45, 7) is 3.27. The first kappa shape index (κ1) is 16.9. The van der Waals surface area contributed by atoms with Crippen LogP contribution in [0, 0.1) is 6.92 Å². The highest BCUT2D eigenvalue weighted by atomic mass is 32.2. The summed E-state index contributed by atoms with van der Waals surface area (Å²) in [4.78, 5) is 6.81. The molecule has 1 aliphatic heterocycles. The predicted molar refractivity (Wildman–Crippen MR) is 92.4 cm³/mol. The lowest BCUT2D eigenvalue weighted by atomic mass is 10.1. The Morgan fingerprint density at radius 2 is 2.12 bits per heavy atom. The Hall–Kier alpha value is -1.93. The second kappa shape index (κ2) is 6.52. The third-order valence-electron chi connectivity index (χ3n) is 4.51. The number of piperidine rings is 1. The number of hydrogen-bond donors (Lipinski definition) is 0. The van der Waals surface area contributed by atoms with E-state index in [4.69, 9.17) is 0 Å². The average molecular weight is 349 g/mol. The van der Waals surface area contributed by atoms with Gasteiger partial charge in [0.2, 0.25) is 10.0 Å². The number of nitrogens with zero attached hydrogens (tertiary/aromatic N) is 5. The van der Waals surface area contributed by atoms with Gasteiger partial charge in [-0.1, -0.05) is 6.07 Å². The molecule has 7 nitrogen and oxygen atoms in total. The van der Waals surface area contributed by atoms with Gasteiger partial charge in [-0.3, -0.25) is 4.68 Å². The maximum Gasteiger partial charge on any atom is 0.246 e. The predicted octanol–water partition coefficient (Wildman–Crippen LogP) is 1.41. The molecule has 0 saturated carbocycles. The van der Waals surface area contributed by atoms with Crippen molar-refractivity contribution in [3.63, 3.8) is 0 Å². The molecule has 130 valence electrons. The van der Waals surface area contributed by atoms with Crippen molar-refractivity contribution in [2.45, 2.75) is 30.7 Å². The van der Waals surface area contributed by atoms with E-state index in [-0.39, 0.29) is 10.9 Å². The van der Waals surface area contributed by atoms with E-state index in [1.165, 1.54) is 8.99 Å². The Morgan fingerprint density at radius 1 is 1.33 bits per heavy atom. The van der Waals surface area contributed by atoms with Crippen molar-refractivity contribution < 1.29 is 8.42 Å². The zero-order valence-electron chi connectivity index (χ0n) is 14.3. The second-order valence-electron chi connectivity index (χ2n) is 6.20. The molecule has 2 aromatic rings. The van der Waals surface area contributed by atoms with E-state index in [1.54, 1.807) is 33.4 Å². The van der Waals surface area contributed by atoms with E-state index in [0.29, 0.717) is 12.2 Å². The molecule has 0 aliphatic carbocycles. The van der Waals surface area contributed by atoms with Crippen LogP contribution in [0.1, 0.15) is 18.5 Å². The van der Waals surface area contributed by atoms with Gasteiger partial charge in [0.05, 0.1) is 5.69 Å². The molecule has 0 amide bonds. The van der Waals surface area contributed by atoms with Crippen LogP contribution in [0.15, 0.2) is 35.5 Å². The standard InChI is InChI=1S/C16H23N5O2S/c1-13-15(12-19(2)18-13)24(22,23)20(3)14-7-6-10-21(11-14)16-8-4-5-9-17-16/h4-5,8-9,12,14H,6-7,10-11H2,1-3H3. The number of pyridine rings is 1. The van der Waals surface area contributed by atoms with E-state index in [0.717, 1.165) is 25.2 Å². The summed E-state index contributed by atoms with van der Waals surface area (Å²) in [6.07, 6.45) is 5.12. The summed E-state index contributed by atoms with van der Waals surface area (Å²) in [5.74, 6) is 0.894. The van der Waals surface area contributed by atoms with Gasteiger partial charge < -0.3 is 4.90 Å². The fraction of sp³-hybridized carbons (Fsp3) is 0.500. The molecular weight excluding hydrogens is 326 g/mol. The Bertz CT molecular complexity index is 803. The summed E-state index contributed by atoms with van der Waals surface area (Å²) in [6, 6.07) is 5.71. The molecule has 1 unspecified atom stereocenters. The van der Waals surface area contributed by atoms with Crippen molar-refractivity contribution >= 4 is 15.8 Å². The van der Waals surface area contributed by atoms with Crippen LogP contribution >= 0.6 is 0 Å². The third-order valence-corrected chi connectivity index (χ3v) is 6.52. The summed E-state index contributed by atoms with van der Waals surface area (Å²) < 4.78 is 28.9. The topological polar surface area (TPSA) is 71.3 Å². The molecule has 1 aliphatic rings. The Balaban J connectivity index is 1.81. The molecule has 0 spiro atoms. The molecule has 1 fully saturated rings. The number of sulfonamides is 1. The van der Waals surface area contributed by atoms with Crippen molar-refractivity contribution in [1.29, 1.82) is 0 Å². The fourth-order valence-electron chi connectivity index (χ4n) is 3.18. The Kier molecular flexibility index (Phi) is 4.60. The van der Waals surface area contributed by atoms with Crippen LogP contribution in [0.4, 0.5) is 5.82 Å². The average Bonchev–Trinajstić information content (AvgIpc) is 2.94. The first-order valence-electron chi connectivity index (χ1n) is 8.04. The minimum Gasteiger partial charge on any atom is -0.355 e. The fourth-order valence-corrected chi connectivity index (χ4v) is 4.76. The molecule has 3 heterocycles. The zero-order valence-corrected chi connectivity index (χ0v) is 15.1. The van der Waals surface area contributed by atoms with Crippen molar-refractivity contribution in [3.05, 3.63) is 36.3 Å². The lowest BCUT2D eigenvalue weighted by Crippen LogP contribution is -2.48. The highest BCUT2D eigenvalue weighted by Crippen LogP contribution is 2.25. The van der Waals surface area contributed by atoms with Crippen molar-refractivity contribution in [2.75, 3.05) is 25.0 Å². The molecule has 24 heavy (non-hydrogen) atoms. The van der Waals surface area contributed by atoms with Crippen molar-refractivity contribution in [3.8, 4) is 0 Å². The van der Waals surface area contributed by atoms with Crippen LogP contribution in [0.5, 0.6) is 0 Å². The number of aryl methyl sites for hydroxylation is 2. The van der Waals surface area contributed by atoms with Crippen LogP contribution in [-0.2, 0) is 17.1 Å². The summed E-state index contributed by atoms with van der Waals surface area (Å²) >= 11 is 0. The van der Waals surface area contributed by atoms with Gasteiger partial charge in [-0.05, 0) is 31.9 Å². The van der Waals surface area contributed by atoms with Gasteiger partial charge in [0, 0.05) is 45.6 Å². The lowest BCUT2D eigenvalue weighted by Gasteiger charge is -2.37. The monoisotopic (exact) mass is 349 g/mol. The minimum atomic E-state index is -3.55. The quantitative estimate of drug-likeness (QED) is 0.835. The summed E-state index contributed by atoms with van der Waals surface area (Å²) in [5.41, 5.74) is 0.529. The molecule has 3 rings (SSSR count). The van der Waals surface area contributed by atoms with Crippen molar-refractivity contribution in [2.24, 2.45) is 7.05 Å². The van der Waals surface area contributed by atoms with Crippen LogP contribution in [-0.4, -0.2) is 53.7 Å².